The SMILES string of the molecule is Cc1ccc2nc(COC(=O)Cc3c(C)noc3C)cc(=O)n2c1. The number of nitrogens with zero attached hydrogens (tertiary/aromatic N) is 3. The van der Waals surface area contributed by atoms with Gasteiger partial charge in [0.15, 0.2) is 0 Å². The highest BCUT2D eigenvalue weighted by atomic mass is 16.5. The predicted octanol–water partition coefficient (Wildman–Crippen LogP) is 1.89. The van der Waals surface area contributed by atoms with E-state index in [0.717, 1.165) is 11.1 Å². The Labute approximate surface area is 137 Å². The van der Waals surface area contributed by atoms with E-state index in [1.165, 1.54) is 10.5 Å². The molecule has 3 rings (SSSR count). The molecular weight excluding hydrogens is 310 g/mol. The molecule has 7 heteroatoms. The van der Waals surface area contributed by atoms with Gasteiger partial charge in [-0.25, -0.2) is 4.98 Å². The van der Waals surface area contributed by atoms with Gasteiger partial charge in [0.05, 0.1) is 17.8 Å². The number of pyridine rings is 1. The fraction of sp³-hybridized carbons (Fsp3) is 0.294. The van der Waals surface area contributed by atoms with Crippen molar-refractivity contribution >= 4 is 11.6 Å². The number of hydrogen-bond donors (Lipinski definition) is 0. The first-order valence-corrected chi connectivity index (χ1v) is 7.50. The molecule has 7 nitrogen and oxygen atoms in total. The zero-order valence-corrected chi connectivity index (χ0v) is 13.7. The van der Waals surface area contributed by atoms with E-state index in [-0.39, 0.29) is 18.6 Å². The molecule has 0 unspecified atom stereocenters. The second-order valence-electron chi connectivity index (χ2n) is 5.66. The molecule has 124 valence electrons. The van der Waals surface area contributed by atoms with Gasteiger partial charge < -0.3 is 9.26 Å². The maximum atomic E-state index is 12.1. The lowest BCUT2D eigenvalue weighted by atomic mass is 10.1. The van der Waals surface area contributed by atoms with Crippen LogP contribution in [0.2, 0.25) is 0 Å². The molecule has 0 spiro atoms. The third kappa shape index (κ3) is 3.19. The van der Waals surface area contributed by atoms with Crippen LogP contribution >= 0.6 is 0 Å². The molecule has 0 aliphatic heterocycles. The van der Waals surface area contributed by atoms with E-state index in [9.17, 15) is 9.59 Å². The number of carbonyl (C=O) groups is 1. The van der Waals surface area contributed by atoms with Crippen molar-refractivity contribution in [1.29, 1.82) is 0 Å². The van der Waals surface area contributed by atoms with Gasteiger partial charge in [-0.2, -0.15) is 0 Å². The van der Waals surface area contributed by atoms with Gasteiger partial charge >= 0.3 is 5.97 Å². The van der Waals surface area contributed by atoms with Crippen LogP contribution in [0.15, 0.2) is 33.7 Å². The number of rotatable bonds is 4. The minimum Gasteiger partial charge on any atom is -0.459 e. The molecule has 0 aliphatic carbocycles. The monoisotopic (exact) mass is 327 g/mol. The Balaban J connectivity index is 1.72. The largest absolute Gasteiger partial charge is 0.459 e. The first kappa shape index (κ1) is 15.9. The van der Waals surface area contributed by atoms with E-state index in [1.807, 2.05) is 13.0 Å². The highest BCUT2D eigenvalue weighted by molar-refractivity contribution is 5.73. The second-order valence-corrected chi connectivity index (χ2v) is 5.66. The molecule has 3 aromatic rings. The molecule has 0 fully saturated rings. The maximum Gasteiger partial charge on any atom is 0.310 e. The number of aromatic nitrogens is 3. The molecule has 0 aliphatic rings. The topological polar surface area (TPSA) is 86.7 Å². The van der Waals surface area contributed by atoms with Crippen LogP contribution in [-0.4, -0.2) is 20.5 Å². The van der Waals surface area contributed by atoms with Crippen LogP contribution in [0.1, 0.15) is 28.3 Å². The quantitative estimate of drug-likeness (QED) is 0.680. The van der Waals surface area contributed by atoms with Crippen molar-refractivity contribution in [3.63, 3.8) is 0 Å². The van der Waals surface area contributed by atoms with Crippen LogP contribution in [0.5, 0.6) is 0 Å². The summed E-state index contributed by atoms with van der Waals surface area (Å²) in [6.45, 7) is 5.36. The van der Waals surface area contributed by atoms with Crippen LogP contribution in [0.25, 0.3) is 5.65 Å². The minimum absolute atomic E-state index is 0.0537. The highest BCUT2D eigenvalue weighted by Gasteiger charge is 2.15. The van der Waals surface area contributed by atoms with Crippen LogP contribution < -0.4 is 5.56 Å². The van der Waals surface area contributed by atoms with Crippen molar-refractivity contribution in [2.75, 3.05) is 0 Å². The average molecular weight is 327 g/mol. The Morgan fingerprint density at radius 1 is 1.29 bits per heavy atom. The molecule has 24 heavy (non-hydrogen) atoms. The van der Waals surface area contributed by atoms with Gasteiger partial charge in [-0.05, 0) is 32.4 Å². The highest BCUT2D eigenvalue weighted by Crippen LogP contribution is 2.13. The number of carbonyl (C=O) groups excluding carboxylic acids is 1. The summed E-state index contributed by atoms with van der Waals surface area (Å²) in [4.78, 5) is 28.4. The zero-order valence-electron chi connectivity index (χ0n) is 13.7. The molecule has 0 saturated carbocycles. The standard InChI is InChI=1S/C17H17N3O4/c1-10-4-5-15-18-13(6-16(21)20(15)8-10)9-23-17(22)7-14-11(2)19-24-12(14)3/h4-6,8H,7,9H2,1-3H3. The Hall–Kier alpha value is -2.96. The first-order valence-electron chi connectivity index (χ1n) is 7.50. The molecule has 0 amide bonds. The third-order valence-electron chi connectivity index (χ3n) is 3.74. The Morgan fingerprint density at radius 2 is 2.08 bits per heavy atom. The average Bonchev–Trinajstić information content (AvgIpc) is 2.85. The summed E-state index contributed by atoms with van der Waals surface area (Å²) >= 11 is 0. The van der Waals surface area contributed by atoms with Gasteiger partial charge in [-0.3, -0.25) is 14.0 Å². The van der Waals surface area contributed by atoms with Gasteiger partial charge in [-0.15, -0.1) is 0 Å². The summed E-state index contributed by atoms with van der Waals surface area (Å²) in [7, 11) is 0. The van der Waals surface area contributed by atoms with E-state index in [4.69, 9.17) is 9.26 Å². The summed E-state index contributed by atoms with van der Waals surface area (Å²) in [5.74, 6) is 0.178. The van der Waals surface area contributed by atoms with Crippen LogP contribution in [-0.2, 0) is 22.6 Å². The summed E-state index contributed by atoms with van der Waals surface area (Å²) in [5.41, 5.74) is 3.08. The van der Waals surface area contributed by atoms with Gasteiger partial charge in [0.2, 0.25) is 0 Å². The molecule has 3 heterocycles. The van der Waals surface area contributed by atoms with Crippen molar-refractivity contribution in [3.05, 3.63) is 63.0 Å². The predicted molar refractivity (Wildman–Crippen MR) is 85.7 cm³/mol. The number of ether oxygens (including phenoxy) is 1. The van der Waals surface area contributed by atoms with Crippen molar-refractivity contribution in [1.82, 2.24) is 14.5 Å². The summed E-state index contributed by atoms with van der Waals surface area (Å²) in [5, 5.41) is 3.80. The van der Waals surface area contributed by atoms with Crippen molar-refractivity contribution < 1.29 is 14.1 Å². The Bertz CT molecular complexity index is 952. The van der Waals surface area contributed by atoms with Crippen molar-refractivity contribution in [2.45, 2.75) is 33.8 Å². The fourth-order valence-electron chi connectivity index (χ4n) is 2.44. The van der Waals surface area contributed by atoms with Crippen LogP contribution in [0.3, 0.4) is 0 Å². The Morgan fingerprint density at radius 3 is 2.79 bits per heavy atom. The third-order valence-corrected chi connectivity index (χ3v) is 3.74. The van der Waals surface area contributed by atoms with E-state index in [0.29, 0.717) is 22.8 Å². The van der Waals surface area contributed by atoms with E-state index < -0.39 is 5.97 Å². The van der Waals surface area contributed by atoms with Crippen molar-refractivity contribution in [2.24, 2.45) is 0 Å². The molecule has 0 radical (unpaired) electrons. The molecule has 0 saturated heterocycles. The molecular formula is C17H17N3O4. The zero-order chi connectivity index (χ0) is 17.3. The van der Waals surface area contributed by atoms with Gasteiger partial charge in [0, 0.05) is 17.8 Å². The van der Waals surface area contributed by atoms with Gasteiger partial charge in [0.1, 0.15) is 18.0 Å². The van der Waals surface area contributed by atoms with Gasteiger partial charge in [0.25, 0.3) is 5.56 Å². The Kier molecular flexibility index (Phi) is 4.16. The lowest BCUT2D eigenvalue weighted by molar-refractivity contribution is -0.144. The van der Waals surface area contributed by atoms with Gasteiger partial charge in [-0.1, -0.05) is 11.2 Å². The van der Waals surface area contributed by atoms with Crippen molar-refractivity contribution in [3.8, 4) is 0 Å². The molecule has 0 bridgehead atoms. The fourth-order valence-corrected chi connectivity index (χ4v) is 2.44. The molecule has 0 atom stereocenters. The summed E-state index contributed by atoms with van der Waals surface area (Å²) in [6.07, 6.45) is 1.80. The number of hydrogen-bond acceptors (Lipinski definition) is 6. The normalized spacial score (nSPS) is 11.0. The van der Waals surface area contributed by atoms with Crippen LogP contribution in [0.4, 0.5) is 0 Å². The molecule has 3 aromatic heterocycles. The molecule has 0 aromatic carbocycles. The number of aryl methyl sites for hydroxylation is 3. The smallest absolute Gasteiger partial charge is 0.310 e. The van der Waals surface area contributed by atoms with E-state index in [2.05, 4.69) is 10.1 Å². The maximum absolute atomic E-state index is 12.1. The second kappa shape index (κ2) is 6.27. The first-order chi connectivity index (χ1) is 11.4. The lowest BCUT2D eigenvalue weighted by Crippen LogP contribution is -2.17. The van der Waals surface area contributed by atoms with E-state index in [1.54, 1.807) is 26.1 Å². The summed E-state index contributed by atoms with van der Waals surface area (Å²) < 4.78 is 11.7. The summed E-state index contributed by atoms with van der Waals surface area (Å²) in [6, 6.07) is 5.00. The lowest BCUT2D eigenvalue weighted by Gasteiger charge is -2.06. The number of fused-ring (bicyclic) bond motifs is 1. The molecule has 0 N–H and O–H groups in total. The van der Waals surface area contributed by atoms with E-state index >= 15 is 0 Å². The minimum atomic E-state index is -0.421. The van der Waals surface area contributed by atoms with Crippen LogP contribution in [0, 0.1) is 20.8 Å². The number of esters is 1.